The molecular formula is C17H25NO3. The molecule has 0 radical (unpaired) electrons. The SMILES string of the molecule is CCCN(CCCOc1ccccc1C(=O)O)CC1CC1. The zero-order chi connectivity index (χ0) is 15.1. The lowest BCUT2D eigenvalue weighted by molar-refractivity contribution is 0.0692. The molecule has 0 saturated heterocycles. The molecular weight excluding hydrogens is 266 g/mol. The van der Waals surface area contributed by atoms with Crippen molar-refractivity contribution < 1.29 is 14.6 Å². The van der Waals surface area contributed by atoms with E-state index in [0.717, 1.165) is 25.4 Å². The van der Waals surface area contributed by atoms with Crippen LogP contribution in [0.3, 0.4) is 0 Å². The number of para-hydroxylation sites is 1. The topological polar surface area (TPSA) is 49.8 Å². The highest BCUT2D eigenvalue weighted by Gasteiger charge is 2.23. The third-order valence-electron chi connectivity index (χ3n) is 3.75. The lowest BCUT2D eigenvalue weighted by atomic mass is 10.2. The Morgan fingerprint density at radius 2 is 2.10 bits per heavy atom. The number of ether oxygens (including phenoxy) is 1. The predicted octanol–water partition coefficient (Wildman–Crippen LogP) is 3.28. The summed E-state index contributed by atoms with van der Waals surface area (Å²) >= 11 is 0. The summed E-state index contributed by atoms with van der Waals surface area (Å²) in [5.74, 6) is 0.436. The van der Waals surface area contributed by atoms with E-state index in [0.29, 0.717) is 12.4 Å². The molecule has 0 bridgehead atoms. The van der Waals surface area contributed by atoms with Crippen LogP contribution in [-0.2, 0) is 0 Å². The molecule has 0 atom stereocenters. The van der Waals surface area contributed by atoms with Crippen molar-refractivity contribution in [3.8, 4) is 5.75 Å². The molecule has 0 aromatic heterocycles. The molecule has 0 aliphatic heterocycles. The summed E-state index contributed by atoms with van der Waals surface area (Å²) in [5, 5.41) is 9.10. The average Bonchev–Trinajstić information content (AvgIpc) is 3.28. The van der Waals surface area contributed by atoms with Crippen LogP contribution in [0.4, 0.5) is 0 Å². The van der Waals surface area contributed by atoms with Gasteiger partial charge in [0.15, 0.2) is 0 Å². The molecule has 1 saturated carbocycles. The number of hydrogen-bond donors (Lipinski definition) is 1. The van der Waals surface area contributed by atoms with Gasteiger partial charge in [-0.1, -0.05) is 19.1 Å². The van der Waals surface area contributed by atoms with Crippen molar-refractivity contribution in [1.82, 2.24) is 4.90 Å². The minimum absolute atomic E-state index is 0.237. The van der Waals surface area contributed by atoms with Crippen molar-refractivity contribution >= 4 is 5.97 Å². The van der Waals surface area contributed by atoms with Gasteiger partial charge >= 0.3 is 5.97 Å². The summed E-state index contributed by atoms with van der Waals surface area (Å²) in [6, 6.07) is 6.82. The summed E-state index contributed by atoms with van der Waals surface area (Å²) in [6.45, 7) is 6.15. The number of rotatable bonds is 10. The maximum absolute atomic E-state index is 11.1. The lowest BCUT2D eigenvalue weighted by Gasteiger charge is -2.21. The Kier molecular flexibility index (Phi) is 6.05. The zero-order valence-electron chi connectivity index (χ0n) is 12.8. The standard InChI is InChI=1S/C17H25NO3/c1-2-10-18(13-14-8-9-14)11-5-12-21-16-7-4-3-6-15(16)17(19)20/h3-4,6-7,14H,2,5,8-13H2,1H3,(H,19,20). The monoisotopic (exact) mass is 291 g/mol. The van der Waals surface area contributed by atoms with Crippen molar-refractivity contribution in [2.24, 2.45) is 5.92 Å². The lowest BCUT2D eigenvalue weighted by Crippen LogP contribution is -2.29. The maximum Gasteiger partial charge on any atom is 0.339 e. The first kappa shape index (κ1) is 15.8. The minimum atomic E-state index is -0.938. The Labute approximate surface area is 126 Å². The van der Waals surface area contributed by atoms with E-state index in [-0.39, 0.29) is 5.56 Å². The first-order chi connectivity index (χ1) is 10.2. The van der Waals surface area contributed by atoms with Crippen LogP contribution in [0.25, 0.3) is 0 Å². The predicted molar refractivity (Wildman–Crippen MR) is 83.0 cm³/mol. The molecule has 1 fully saturated rings. The van der Waals surface area contributed by atoms with E-state index >= 15 is 0 Å². The van der Waals surface area contributed by atoms with Gasteiger partial charge in [-0.05, 0) is 50.3 Å². The number of carboxylic acid groups (broad SMARTS) is 1. The van der Waals surface area contributed by atoms with E-state index in [1.165, 1.54) is 25.8 Å². The normalized spacial score (nSPS) is 14.4. The first-order valence-electron chi connectivity index (χ1n) is 7.88. The summed E-state index contributed by atoms with van der Waals surface area (Å²) in [5.41, 5.74) is 0.237. The fraction of sp³-hybridized carbons (Fsp3) is 0.588. The molecule has 1 aromatic carbocycles. The number of benzene rings is 1. The Morgan fingerprint density at radius 3 is 2.76 bits per heavy atom. The summed E-state index contributed by atoms with van der Waals surface area (Å²) in [7, 11) is 0. The quantitative estimate of drug-likeness (QED) is 0.672. The van der Waals surface area contributed by atoms with Gasteiger partial charge in [0.25, 0.3) is 0 Å². The minimum Gasteiger partial charge on any atom is -0.493 e. The molecule has 21 heavy (non-hydrogen) atoms. The van der Waals surface area contributed by atoms with Crippen molar-refractivity contribution in [3.63, 3.8) is 0 Å². The number of carbonyl (C=O) groups is 1. The molecule has 116 valence electrons. The summed E-state index contributed by atoms with van der Waals surface area (Å²) in [4.78, 5) is 13.6. The number of carboxylic acids is 1. The molecule has 1 aliphatic rings. The van der Waals surface area contributed by atoms with Gasteiger partial charge in [0.1, 0.15) is 11.3 Å². The highest BCUT2D eigenvalue weighted by molar-refractivity contribution is 5.90. The average molecular weight is 291 g/mol. The largest absolute Gasteiger partial charge is 0.493 e. The second-order valence-corrected chi connectivity index (χ2v) is 5.75. The zero-order valence-corrected chi connectivity index (χ0v) is 12.8. The molecule has 0 amide bonds. The van der Waals surface area contributed by atoms with E-state index in [2.05, 4.69) is 11.8 Å². The Bertz CT molecular complexity index is 457. The fourth-order valence-corrected chi connectivity index (χ4v) is 2.52. The fourth-order valence-electron chi connectivity index (χ4n) is 2.52. The molecule has 0 spiro atoms. The maximum atomic E-state index is 11.1. The van der Waals surface area contributed by atoms with Crippen LogP contribution >= 0.6 is 0 Å². The van der Waals surface area contributed by atoms with Gasteiger partial charge in [0.05, 0.1) is 6.61 Å². The molecule has 0 unspecified atom stereocenters. The summed E-state index contributed by atoms with van der Waals surface area (Å²) < 4.78 is 5.64. The van der Waals surface area contributed by atoms with Crippen LogP contribution in [0, 0.1) is 5.92 Å². The Morgan fingerprint density at radius 1 is 1.33 bits per heavy atom. The third-order valence-corrected chi connectivity index (χ3v) is 3.75. The third kappa shape index (κ3) is 5.38. The van der Waals surface area contributed by atoms with Gasteiger partial charge < -0.3 is 14.7 Å². The highest BCUT2D eigenvalue weighted by atomic mass is 16.5. The second-order valence-electron chi connectivity index (χ2n) is 5.75. The van der Waals surface area contributed by atoms with E-state index in [1.807, 2.05) is 0 Å². The van der Waals surface area contributed by atoms with E-state index < -0.39 is 5.97 Å². The molecule has 1 aromatic rings. The van der Waals surface area contributed by atoms with Crippen LogP contribution in [0.15, 0.2) is 24.3 Å². The second kappa shape index (κ2) is 8.03. The smallest absolute Gasteiger partial charge is 0.339 e. The molecule has 4 nitrogen and oxygen atoms in total. The molecule has 0 heterocycles. The van der Waals surface area contributed by atoms with Crippen molar-refractivity contribution in [1.29, 1.82) is 0 Å². The van der Waals surface area contributed by atoms with Gasteiger partial charge in [0, 0.05) is 13.1 Å². The van der Waals surface area contributed by atoms with Gasteiger partial charge in [-0.3, -0.25) is 0 Å². The Hall–Kier alpha value is -1.55. The summed E-state index contributed by atoms with van der Waals surface area (Å²) in [6.07, 6.45) is 4.86. The van der Waals surface area contributed by atoms with Gasteiger partial charge in [-0.15, -0.1) is 0 Å². The molecule has 1 N–H and O–H groups in total. The number of nitrogens with zero attached hydrogens (tertiary/aromatic N) is 1. The van der Waals surface area contributed by atoms with Crippen LogP contribution in [0.5, 0.6) is 5.75 Å². The first-order valence-corrected chi connectivity index (χ1v) is 7.88. The molecule has 1 aliphatic carbocycles. The molecule has 2 rings (SSSR count). The number of aromatic carboxylic acids is 1. The van der Waals surface area contributed by atoms with Crippen LogP contribution < -0.4 is 4.74 Å². The van der Waals surface area contributed by atoms with Crippen LogP contribution in [0.2, 0.25) is 0 Å². The number of hydrogen-bond acceptors (Lipinski definition) is 3. The van der Waals surface area contributed by atoms with Crippen LogP contribution in [-0.4, -0.2) is 42.2 Å². The van der Waals surface area contributed by atoms with Crippen molar-refractivity contribution in [3.05, 3.63) is 29.8 Å². The highest BCUT2D eigenvalue weighted by Crippen LogP contribution is 2.29. The van der Waals surface area contributed by atoms with E-state index in [9.17, 15) is 4.79 Å². The van der Waals surface area contributed by atoms with Crippen LogP contribution in [0.1, 0.15) is 43.0 Å². The van der Waals surface area contributed by atoms with Gasteiger partial charge in [0.2, 0.25) is 0 Å². The van der Waals surface area contributed by atoms with E-state index in [1.54, 1.807) is 24.3 Å². The van der Waals surface area contributed by atoms with E-state index in [4.69, 9.17) is 9.84 Å². The van der Waals surface area contributed by atoms with Gasteiger partial charge in [-0.2, -0.15) is 0 Å². The van der Waals surface area contributed by atoms with Crippen molar-refractivity contribution in [2.45, 2.75) is 32.6 Å². The molecule has 4 heteroatoms. The van der Waals surface area contributed by atoms with Gasteiger partial charge in [-0.25, -0.2) is 4.79 Å². The van der Waals surface area contributed by atoms with Crippen molar-refractivity contribution in [2.75, 3.05) is 26.2 Å². The Balaban J connectivity index is 1.74.